The normalized spacial score (nSPS) is 26.0. The van der Waals surface area contributed by atoms with Crippen molar-refractivity contribution >= 4 is 11.9 Å². The van der Waals surface area contributed by atoms with Crippen LogP contribution in [-0.4, -0.2) is 46.3 Å². The van der Waals surface area contributed by atoms with Crippen LogP contribution in [-0.2, 0) is 27.8 Å². The summed E-state index contributed by atoms with van der Waals surface area (Å²) in [5.74, 6) is -0.000879. The molecule has 1 aromatic heterocycles. The first-order chi connectivity index (χ1) is 11.9. The van der Waals surface area contributed by atoms with Crippen molar-refractivity contribution in [3.05, 3.63) is 17.5 Å². The molecule has 25 heavy (non-hydrogen) atoms. The second kappa shape index (κ2) is 6.81. The number of carbonyl (C=O) groups excluding carboxylic acids is 2. The lowest BCUT2D eigenvalue weighted by molar-refractivity contribution is -0.157. The molecular weight excluding hydrogens is 318 g/mol. The molecule has 0 aromatic carbocycles. The Morgan fingerprint density at radius 2 is 2.20 bits per heavy atom. The molecule has 138 valence electrons. The quantitative estimate of drug-likeness (QED) is 0.784. The van der Waals surface area contributed by atoms with Gasteiger partial charge < -0.3 is 9.64 Å². The van der Waals surface area contributed by atoms with Crippen molar-refractivity contribution in [2.75, 3.05) is 19.7 Å². The topological polar surface area (TPSA) is 64.4 Å². The number of aryl methyl sites for hydroxylation is 2. The van der Waals surface area contributed by atoms with E-state index in [0.29, 0.717) is 26.1 Å². The lowest BCUT2D eigenvalue weighted by Crippen LogP contribution is -2.43. The lowest BCUT2D eigenvalue weighted by Gasteiger charge is -2.32. The highest BCUT2D eigenvalue weighted by molar-refractivity contribution is 5.86. The molecule has 0 N–H and O–H groups in total. The summed E-state index contributed by atoms with van der Waals surface area (Å²) in [4.78, 5) is 27.7. The van der Waals surface area contributed by atoms with Crippen LogP contribution in [0.3, 0.4) is 0 Å². The second-order valence-corrected chi connectivity index (χ2v) is 7.69. The summed E-state index contributed by atoms with van der Waals surface area (Å²) < 4.78 is 7.14. The number of rotatable bonds is 4. The predicted molar refractivity (Wildman–Crippen MR) is 94.0 cm³/mol. The van der Waals surface area contributed by atoms with Crippen LogP contribution in [0.1, 0.15) is 57.2 Å². The van der Waals surface area contributed by atoms with Crippen molar-refractivity contribution in [2.45, 2.75) is 52.4 Å². The maximum Gasteiger partial charge on any atom is 0.314 e. The summed E-state index contributed by atoms with van der Waals surface area (Å²) in [6, 6.07) is 0. The minimum atomic E-state index is -0.571. The molecule has 2 heterocycles. The molecule has 2 aliphatic rings. The molecule has 1 fully saturated rings. The first-order valence-electron chi connectivity index (χ1n) is 9.37. The van der Waals surface area contributed by atoms with Crippen LogP contribution in [0, 0.1) is 11.3 Å². The molecule has 1 saturated heterocycles. The summed E-state index contributed by atoms with van der Waals surface area (Å²) in [6.07, 6.45) is 5.46. The second-order valence-electron chi connectivity index (χ2n) is 7.69. The first-order valence-corrected chi connectivity index (χ1v) is 9.37. The minimum absolute atomic E-state index is 0.123. The van der Waals surface area contributed by atoms with Gasteiger partial charge in [-0.3, -0.25) is 14.3 Å². The molecule has 0 unspecified atom stereocenters. The fraction of sp³-hybridized carbons (Fsp3) is 0.737. The molecule has 1 aliphatic carbocycles. The number of hydrogen-bond acceptors (Lipinski definition) is 4. The zero-order valence-corrected chi connectivity index (χ0v) is 15.7. The molecule has 0 bridgehead atoms. The number of aromatic nitrogens is 2. The number of esters is 1. The van der Waals surface area contributed by atoms with Gasteiger partial charge in [0.05, 0.1) is 23.6 Å². The van der Waals surface area contributed by atoms with Gasteiger partial charge in [-0.1, -0.05) is 13.8 Å². The van der Waals surface area contributed by atoms with Gasteiger partial charge in [0.25, 0.3) is 0 Å². The highest BCUT2D eigenvalue weighted by Gasteiger charge is 2.50. The van der Waals surface area contributed by atoms with Crippen molar-refractivity contribution in [1.29, 1.82) is 0 Å². The molecule has 1 amide bonds. The Kier molecular flexibility index (Phi) is 4.89. The summed E-state index contributed by atoms with van der Waals surface area (Å²) in [5, 5.41) is 4.49. The third kappa shape index (κ3) is 3.07. The summed E-state index contributed by atoms with van der Waals surface area (Å²) in [6.45, 7) is 7.39. The molecular formula is C19H29N3O3. The van der Waals surface area contributed by atoms with Crippen molar-refractivity contribution in [2.24, 2.45) is 18.4 Å². The predicted octanol–water partition coefficient (Wildman–Crippen LogP) is 2.28. The zero-order chi connectivity index (χ0) is 18.2. The van der Waals surface area contributed by atoms with Crippen molar-refractivity contribution in [3.63, 3.8) is 0 Å². The molecule has 2 atom stereocenters. The van der Waals surface area contributed by atoms with Crippen molar-refractivity contribution in [3.8, 4) is 0 Å². The number of fused-ring (bicyclic) bond motifs is 1. The number of carbonyl (C=O) groups is 2. The smallest absolute Gasteiger partial charge is 0.314 e. The Hall–Kier alpha value is -1.85. The van der Waals surface area contributed by atoms with Crippen LogP contribution < -0.4 is 0 Å². The van der Waals surface area contributed by atoms with Crippen LogP contribution in [0.4, 0.5) is 0 Å². The zero-order valence-electron chi connectivity index (χ0n) is 15.7. The van der Waals surface area contributed by atoms with Gasteiger partial charge in [-0.25, -0.2) is 0 Å². The lowest BCUT2D eigenvalue weighted by atomic mass is 9.76. The Bertz CT molecular complexity index is 667. The van der Waals surface area contributed by atoms with E-state index in [4.69, 9.17) is 4.74 Å². The third-order valence-corrected chi connectivity index (χ3v) is 5.92. The van der Waals surface area contributed by atoms with Gasteiger partial charge >= 0.3 is 5.97 Å². The number of nitrogens with zero attached hydrogens (tertiary/aromatic N) is 3. The highest BCUT2D eigenvalue weighted by Crippen LogP contribution is 2.41. The van der Waals surface area contributed by atoms with E-state index in [-0.39, 0.29) is 23.7 Å². The summed E-state index contributed by atoms with van der Waals surface area (Å²) in [7, 11) is 1.90. The molecule has 0 saturated carbocycles. The first kappa shape index (κ1) is 18.0. The maximum atomic E-state index is 13.2. The summed E-state index contributed by atoms with van der Waals surface area (Å²) >= 11 is 0. The molecule has 1 aliphatic heterocycles. The van der Waals surface area contributed by atoms with Crippen molar-refractivity contribution < 1.29 is 14.3 Å². The molecule has 0 spiro atoms. The standard InChI is InChI=1S/C19H29N3O3/c1-5-25-18(24)19(13(2)3)9-10-22(12-19)17(23)14-7-6-8-16-15(14)11-21(4)20-16/h11,13-14H,5-10,12H2,1-4H3/t14-,19+/m1/s1. The fourth-order valence-electron chi connectivity index (χ4n) is 4.31. The number of hydrogen-bond donors (Lipinski definition) is 0. The maximum absolute atomic E-state index is 13.2. The third-order valence-electron chi connectivity index (χ3n) is 5.92. The van der Waals surface area contributed by atoms with E-state index < -0.39 is 5.41 Å². The number of likely N-dealkylation sites (tertiary alicyclic amines) is 1. The van der Waals surface area contributed by atoms with Gasteiger partial charge in [-0.2, -0.15) is 5.10 Å². The van der Waals surface area contributed by atoms with E-state index in [1.165, 1.54) is 0 Å². The molecule has 6 heteroatoms. The fourth-order valence-corrected chi connectivity index (χ4v) is 4.31. The average Bonchev–Trinajstić information content (AvgIpc) is 3.17. The average molecular weight is 347 g/mol. The van der Waals surface area contributed by atoms with Gasteiger partial charge in [-0.15, -0.1) is 0 Å². The van der Waals surface area contributed by atoms with E-state index in [1.54, 1.807) is 4.68 Å². The van der Waals surface area contributed by atoms with Gasteiger partial charge in [0, 0.05) is 31.9 Å². The Morgan fingerprint density at radius 1 is 1.44 bits per heavy atom. The van der Waals surface area contributed by atoms with Crippen molar-refractivity contribution in [1.82, 2.24) is 14.7 Å². The van der Waals surface area contributed by atoms with Crippen LogP contribution in [0.15, 0.2) is 6.20 Å². The molecule has 0 radical (unpaired) electrons. The molecule has 1 aromatic rings. The summed E-state index contributed by atoms with van der Waals surface area (Å²) in [5.41, 5.74) is 1.54. The van der Waals surface area contributed by atoms with E-state index in [0.717, 1.165) is 30.5 Å². The Labute approximate surface area is 149 Å². The van der Waals surface area contributed by atoms with E-state index in [2.05, 4.69) is 5.10 Å². The molecule has 6 nitrogen and oxygen atoms in total. The highest BCUT2D eigenvalue weighted by atomic mass is 16.5. The van der Waals surface area contributed by atoms with Gasteiger partial charge in [-0.05, 0) is 38.5 Å². The number of ether oxygens (including phenoxy) is 1. The largest absolute Gasteiger partial charge is 0.466 e. The van der Waals surface area contributed by atoms with Crippen LogP contribution in [0.5, 0.6) is 0 Å². The van der Waals surface area contributed by atoms with Crippen LogP contribution in [0.2, 0.25) is 0 Å². The minimum Gasteiger partial charge on any atom is -0.466 e. The monoisotopic (exact) mass is 347 g/mol. The Morgan fingerprint density at radius 3 is 2.88 bits per heavy atom. The van der Waals surface area contributed by atoms with Crippen LogP contribution in [0.25, 0.3) is 0 Å². The van der Waals surface area contributed by atoms with Gasteiger partial charge in [0.2, 0.25) is 5.91 Å². The molecule has 3 rings (SSSR count). The van der Waals surface area contributed by atoms with Crippen LogP contribution >= 0.6 is 0 Å². The van der Waals surface area contributed by atoms with E-state index in [1.807, 2.05) is 38.9 Å². The van der Waals surface area contributed by atoms with E-state index >= 15 is 0 Å². The number of amides is 1. The SMILES string of the molecule is CCOC(=O)[C@@]1(C(C)C)CCN(C(=O)[C@@H]2CCCc3nn(C)cc32)C1. The van der Waals surface area contributed by atoms with Gasteiger partial charge in [0.1, 0.15) is 0 Å². The Balaban J connectivity index is 1.80. The van der Waals surface area contributed by atoms with E-state index in [9.17, 15) is 9.59 Å². The van der Waals surface area contributed by atoms with Gasteiger partial charge in [0.15, 0.2) is 0 Å².